The molecule has 2 atom stereocenters. The van der Waals surface area contributed by atoms with Gasteiger partial charge >= 0.3 is 11.9 Å². The number of carboxylic acids is 1. The number of ether oxygens (including phenoxy) is 2. The number of halogens is 2. The van der Waals surface area contributed by atoms with Crippen molar-refractivity contribution >= 4 is 64.3 Å². The predicted molar refractivity (Wildman–Crippen MR) is 118 cm³/mol. The van der Waals surface area contributed by atoms with Gasteiger partial charge in [0.15, 0.2) is 0 Å². The second kappa shape index (κ2) is 9.85. The fraction of sp³-hybridized carbons (Fsp3) is 0.300. The van der Waals surface area contributed by atoms with Gasteiger partial charge in [0.25, 0.3) is 11.8 Å². The van der Waals surface area contributed by atoms with Crippen LogP contribution in [0.2, 0.25) is 0 Å². The van der Waals surface area contributed by atoms with Gasteiger partial charge in [0.2, 0.25) is 0 Å². The van der Waals surface area contributed by atoms with E-state index >= 15 is 0 Å². The molecule has 0 bridgehead atoms. The number of nitrogens with one attached hydrogen (secondary N) is 1. The van der Waals surface area contributed by atoms with Crippen molar-refractivity contribution in [2.24, 2.45) is 0 Å². The first kappa shape index (κ1) is 24.0. The highest BCUT2D eigenvalue weighted by Crippen LogP contribution is 2.40. The number of carboxylic acid groups (broad SMARTS) is 1. The van der Waals surface area contributed by atoms with E-state index in [-0.39, 0.29) is 28.1 Å². The Hall–Kier alpha value is -2.69. The van der Waals surface area contributed by atoms with Crippen molar-refractivity contribution in [2.45, 2.75) is 18.3 Å². The lowest BCUT2D eigenvalue weighted by atomic mass is 10.0. The molecule has 2 amide bonds. The van der Waals surface area contributed by atoms with Crippen LogP contribution in [0.25, 0.3) is 5.57 Å². The monoisotopic (exact) mass is 500 g/mol. The molecule has 1 aromatic carbocycles. The standard InChI is InChI=1S/C20H18Cl2N2O7S/c1-9(25)31-7-11-8-32-19-14(18(27)24(19)15(11)20(28)29)23-17(26)13(16(21)22)10-3-5-12(30-2)6-4-10/h3-6,14,19H,7-8H2,1-2H3,(H,23,26)(H,28,29)/t14?,19-/m0/s1. The number of benzene rings is 1. The number of nitrogens with zero attached hydrogens (tertiary/aromatic N) is 1. The number of fused-ring (bicyclic) bond motifs is 1. The van der Waals surface area contributed by atoms with E-state index in [4.69, 9.17) is 32.7 Å². The molecule has 0 radical (unpaired) electrons. The Morgan fingerprint density at radius 3 is 2.44 bits per heavy atom. The molecule has 2 N–H and O–H groups in total. The molecule has 2 heterocycles. The number of aliphatic carboxylic acids is 1. The van der Waals surface area contributed by atoms with Gasteiger partial charge in [-0.15, -0.1) is 11.8 Å². The topological polar surface area (TPSA) is 122 Å². The first-order valence-corrected chi connectivity index (χ1v) is 11.0. The number of hydrogen-bond donors (Lipinski definition) is 2. The Labute approximate surface area is 197 Å². The molecule has 0 saturated carbocycles. The smallest absolute Gasteiger partial charge is 0.352 e. The molecule has 1 fully saturated rings. The van der Waals surface area contributed by atoms with Crippen LogP contribution >= 0.6 is 35.0 Å². The number of carbonyl (C=O) groups is 4. The summed E-state index contributed by atoms with van der Waals surface area (Å²) in [6, 6.07) is 5.46. The van der Waals surface area contributed by atoms with Gasteiger partial charge in [-0.1, -0.05) is 35.3 Å². The zero-order valence-electron chi connectivity index (χ0n) is 16.9. The molecule has 0 aromatic heterocycles. The van der Waals surface area contributed by atoms with Gasteiger partial charge in [-0.3, -0.25) is 19.3 Å². The average molecular weight is 501 g/mol. The van der Waals surface area contributed by atoms with E-state index in [1.54, 1.807) is 24.3 Å². The number of rotatable bonds is 7. The van der Waals surface area contributed by atoms with Gasteiger partial charge in [0, 0.05) is 18.2 Å². The normalized spacial score (nSPS) is 19.5. The quantitative estimate of drug-likeness (QED) is 0.331. The number of hydrogen-bond acceptors (Lipinski definition) is 7. The number of methoxy groups -OCH3 is 1. The summed E-state index contributed by atoms with van der Waals surface area (Å²) in [6.07, 6.45) is 0. The highest BCUT2D eigenvalue weighted by atomic mass is 35.5. The first-order valence-electron chi connectivity index (χ1n) is 9.19. The number of amides is 2. The van der Waals surface area contributed by atoms with Crippen LogP contribution in [0, 0.1) is 0 Å². The molecular weight excluding hydrogens is 483 g/mol. The van der Waals surface area contributed by atoms with Gasteiger partial charge < -0.3 is 19.9 Å². The summed E-state index contributed by atoms with van der Waals surface area (Å²) >= 11 is 13.1. The molecule has 1 saturated heterocycles. The van der Waals surface area contributed by atoms with Gasteiger partial charge in [0.1, 0.15) is 34.0 Å². The van der Waals surface area contributed by atoms with E-state index in [0.717, 1.165) is 4.90 Å². The molecule has 2 aliphatic heterocycles. The van der Waals surface area contributed by atoms with Crippen molar-refractivity contribution in [1.29, 1.82) is 0 Å². The molecule has 0 aliphatic carbocycles. The minimum atomic E-state index is -1.32. The third-order valence-corrected chi connectivity index (χ3v) is 6.50. The Bertz CT molecular complexity index is 1030. The minimum Gasteiger partial charge on any atom is -0.497 e. The van der Waals surface area contributed by atoms with Gasteiger partial charge in [-0.2, -0.15) is 0 Å². The zero-order chi connectivity index (χ0) is 23.6. The van der Waals surface area contributed by atoms with Crippen LogP contribution in [0.5, 0.6) is 5.75 Å². The van der Waals surface area contributed by atoms with Crippen molar-refractivity contribution in [3.63, 3.8) is 0 Å². The molecule has 1 unspecified atom stereocenters. The number of esters is 1. The van der Waals surface area contributed by atoms with E-state index in [1.807, 2.05) is 0 Å². The van der Waals surface area contributed by atoms with E-state index in [1.165, 1.54) is 25.8 Å². The largest absolute Gasteiger partial charge is 0.497 e. The molecule has 12 heteroatoms. The van der Waals surface area contributed by atoms with Crippen LogP contribution in [0.4, 0.5) is 0 Å². The molecule has 1 aromatic rings. The van der Waals surface area contributed by atoms with Crippen LogP contribution < -0.4 is 10.1 Å². The molecule has 3 rings (SSSR count). The van der Waals surface area contributed by atoms with E-state index in [9.17, 15) is 24.3 Å². The zero-order valence-corrected chi connectivity index (χ0v) is 19.2. The van der Waals surface area contributed by atoms with Crippen molar-refractivity contribution < 1.29 is 33.8 Å². The second-order valence-corrected chi connectivity index (χ2v) is 8.82. The van der Waals surface area contributed by atoms with Gasteiger partial charge in [-0.05, 0) is 17.7 Å². The van der Waals surface area contributed by atoms with Crippen LogP contribution in [0.3, 0.4) is 0 Å². The summed E-state index contributed by atoms with van der Waals surface area (Å²) in [4.78, 5) is 49.5. The third-order valence-electron chi connectivity index (χ3n) is 4.78. The van der Waals surface area contributed by atoms with Crippen molar-refractivity contribution in [2.75, 3.05) is 19.5 Å². The SMILES string of the molecule is COc1ccc(C(C(=O)NC2C(=O)N3C(C(=O)O)=C(COC(C)=O)CS[C@@H]23)=C(Cl)Cl)cc1. The predicted octanol–water partition coefficient (Wildman–Crippen LogP) is 2.14. The fourth-order valence-corrected chi connectivity index (χ4v) is 5.00. The summed E-state index contributed by atoms with van der Waals surface area (Å²) in [6.45, 7) is 0.972. The van der Waals surface area contributed by atoms with E-state index in [2.05, 4.69) is 5.32 Å². The van der Waals surface area contributed by atoms with Gasteiger partial charge in [-0.25, -0.2) is 4.79 Å². The number of thioether (sulfide) groups is 1. The third kappa shape index (κ3) is 4.72. The Morgan fingerprint density at radius 2 is 1.91 bits per heavy atom. The minimum absolute atomic E-state index is 0.0346. The molecular formula is C20H18Cl2N2O7S. The van der Waals surface area contributed by atoms with E-state index in [0.29, 0.717) is 16.9 Å². The number of carbonyl (C=O) groups excluding carboxylic acids is 3. The highest BCUT2D eigenvalue weighted by Gasteiger charge is 2.54. The lowest BCUT2D eigenvalue weighted by Crippen LogP contribution is -2.70. The average Bonchev–Trinajstić information content (AvgIpc) is 2.75. The van der Waals surface area contributed by atoms with Crippen molar-refractivity contribution in [1.82, 2.24) is 10.2 Å². The van der Waals surface area contributed by atoms with Crippen molar-refractivity contribution in [3.8, 4) is 5.75 Å². The Morgan fingerprint density at radius 1 is 1.25 bits per heavy atom. The number of β-lactam (4-membered cyclic amide) rings is 1. The Kier molecular flexibility index (Phi) is 7.37. The van der Waals surface area contributed by atoms with Crippen LogP contribution in [0.15, 0.2) is 40.0 Å². The maximum Gasteiger partial charge on any atom is 0.352 e. The summed E-state index contributed by atoms with van der Waals surface area (Å²) in [5.41, 5.74) is 0.437. The summed E-state index contributed by atoms with van der Waals surface area (Å²) in [5, 5.41) is 11.5. The van der Waals surface area contributed by atoms with Crippen LogP contribution in [-0.2, 0) is 23.9 Å². The van der Waals surface area contributed by atoms with Crippen molar-refractivity contribution in [3.05, 3.63) is 45.6 Å². The van der Waals surface area contributed by atoms with Gasteiger partial charge in [0.05, 0.1) is 12.7 Å². The fourth-order valence-electron chi connectivity index (χ4n) is 3.28. The lowest BCUT2D eigenvalue weighted by Gasteiger charge is -2.49. The molecule has 2 aliphatic rings. The summed E-state index contributed by atoms with van der Waals surface area (Å²) < 4.78 is 9.69. The maximum atomic E-state index is 12.9. The molecule has 32 heavy (non-hydrogen) atoms. The summed E-state index contributed by atoms with van der Waals surface area (Å²) in [7, 11) is 1.50. The highest BCUT2D eigenvalue weighted by molar-refractivity contribution is 8.00. The first-order chi connectivity index (χ1) is 15.1. The Balaban J connectivity index is 1.79. The van der Waals surface area contributed by atoms with Crippen LogP contribution in [-0.4, -0.2) is 64.6 Å². The van der Waals surface area contributed by atoms with E-state index < -0.39 is 35.2 Å². The molecule has 170 valence electrons. The summed E-state index contributed by atoms with van der Waals surface area (Å²) in [5.74, 6) is -2.38. The van der Waals surface area contributed by atoms with Crippen LogP contribution in [0.1, 0.15) is 12.5 Å². The molecule has 0 spiro atoms. The lowest BCUT2D eigenvalue weighted by molar-refractivity contribution is -0.150. The second-order valence-electron chi connectivity index (χ2n) is 6.76. The maximum absolute atomic E-state index is 12.9. The molecule has 9 nitrogen and oxygen atoms in total.